The number of hydrogen-bond donors (Lipinski definition) is 1. The lowest BCUT2D eigenvalue weighted by molar-refractivity contribution is -0.155. The molecule has 178 valence electrons. The van der Waals surface area contributed by atoms with Gasteiger partial charge < -0.3 is 10.2 Å². The van der Waals surface area contributed by atoms with E-state index in [2.05, 4.69) is 49.0 Å². The van der Waals surface area contributed by atoms with Crippen LogP contribution in [0.4, 0.5) is 13.2 Å². The fraction of sp³-hybridized carbons (Fsp3) is 0.333. The topological polar surface area (TPSA) is 67.8 Å². The van der Waals surface area contributed by atoms with Crippen LogP contribution in [-0.2, 0) is 32.6 Å². The average molecular weight is 678 g/mol. The van der Waals surface area contributed by atoms with E-state index in [9.17, 15) is 22.2 Å². The largest absolute Gasteiger partial charge is 0.376 e. The van der Waals surface area contributed by atoms with Gasteiger partial charge in [-0.05, 0) is 73.9 Å². The lowest BCUT2D eigenvalue weighted by Gasteiger charge is -2.31. The van der Waals surface area contributed by atoms with Gasteiger partial charge >= 0.3 is 5.38 Å². The first kappa shape index (κ1) is 26.4. The molecule has 33 heavy (non-hydrogen) atoms. The third kappa shape index (κ3) is 5.91. The lowest BCUT2D eigenvalue weighted by Crippen LogP contribution is -2.42. The Labute approximate surface area is 218 Å². The Balaban J connectivity index is 1.79. The molecule has 1 aliphatic rings. The van der Waals surface area contributed by atoms with Crippen molar-refractivity contribution in [2.45, 2.75) is 30.9 Å². The molecule has 0 spiro atoms. The van der Waals surface area contributed by atoms with Crippen LogP contribution in [0.5, 0.6) is 0 Å². The lowest BCUT2D eigenvalue weighted by atomic mass is 9.87. The van der Waals surface area contributed by atoms with Crippen LogP contribution < -0.4 is 5.32 Å². The van der Waals surface area contributed by atoms with Crippen molar-refractivity contribution in [1.82, 2.24) is 5.32 Å². The van der Waals surface area contributed by atoms with Gasteiger partial charge in [0.1, 0.15) is 11.6 Å². The molecule has 0 bridgehead atoms. The zero-order valence-corrected chi connectivity index (χ0v) is 22.5. The van der Waals surface area contributed by atoms with Crippen molar-refractivity contribution in [2.24, 2.45) is 5.16 Å². The highest BCUT2D eigenvalue weighted by atomic mass is 127. The van der Waals surface area contributed by atoms with E-state index in [1.165, 1.54) is 12.1 Å². The van der Waals surface area contributed by atoms with Gasteiger partial charge in [-0.1, -0.05) is 30.3 Å². The Morgan fingerprint density at radius 3 is 2.70 bits per heavy atom. The number of benzene rings is 2. The summed E-state index contributed by atoms with van der Waals surface area (Å²) in [5, 5.41) is 2.76. The maximum atomic E-state index is 14.5. The number of alkyl halides is 3. The highest BCUT2D eigenvalue weighted by Gasteiger charge is 2.60. The van der Waals surface area contributed by atoms with Gasteiger partial charge in [-0.15, -0.1) is 0 Å². The number of halogens is 6. The number of carbonyl (C=O) groups is 1. The van der Waals surface area contributed by atoms with Crippen molar-refractivity contribution in [2.75, 3.05) is 11.5 Å². The van der Waals surface area contributed by atoms with Crippen LogP contribution in [0.15, 0.2) is 46.0 Å². The van der Waals surface area contributed by atoms with Gasteiger partial charge in [-0.3, -0.25) is 9.00 Å². The average Bonchev–Trinajstić information content (AvgIpc) is 3.21. The van der Waals surface area contributed by atoms with Gasteiger partial charge in [-0.2, -0.15) is 8.78 Å². The van der Waals surface area contributed by atoms with Gasteiger partial charge in [0.25, 0.3) is 0 Å². The summed E-state index contributed by atoms with van der Waals surface area (Å²) in [6, 6.07) is 8.59. The van der Waals surface area contributed by atoms with Gasteiger partial charge in [0, 0.05) is 44.2 Å². The Kier molecular flexibility index (Phi) is 8.50. The van der Waals surface area contributed by atoms with Crippen LogP contribution >= 0.6 is 50.1 Å². The number of nitrogens with one attached hydrogen (secondary N) is 1. The maximum absolute atomic E-state index is 14.5. The molecule has 1 amide bonds. The predicted octanol–water partition coefficient (Wildman–Crippen LogP) is 5.43. The minimum Gasteiger partial charge on any atom is -0.376 e. The van der Waals surface area contributed by atoms with Gasteiger partial charge in [0.2, 0.25) is 11.5 Å². The normalized spacial score (nSPS) is 19.1. The first-order valence-electron chi connectivity index (χ1n) is 9.64. The second kappa shape index (κ2) is 10.6. The second-order valence-corrected chi connectivity index (χ2v) is 11.5. The van der Waals surface area contributed by atoms with Crippen molar-refractivity contribution >= 4 is 72.5 Å². The van der Waals surface area contributed by atoms with E-state index in [-0.39, 0.29) is 40.4 Å². The van der Waals surface area contributed by atoms with E-state index >= 15 is 0 Å². The molecule has 1 heterocycles. The number of amides is 1. The van der Waals surface area contributed by atoms with Crippen molar-refractivity contribution in [3.05, 3.63) is 66.9 Å². The highest BCUT2D eigenvalue weighted by molar-refractivity contribution is 14.1. The van der Waals surface area contributed by atoms with E-state index < -0.39 is 27.6 Å². The molecule has 12 heteroatoms. The molecule has 0 saturated heterocycles. The summed E-state index contributed by atoms with van der Waals surface area (Å²) >= 11 is 10.5. The highest BCUT2D eigenvalue weighted by Crippen LogP contribution is 2.50. The number of carbonyl (C=O) groups excluding carboxylic acids is 1. The molecule has 1 N–H and O–H groups in total. The molecule has 0 aliphatic carbocycles. The first-order valence-corrected chi connectivity index (χ1v) is 13.4. The Hall–Kier alpha value is -1.18. The Morgan fingerprint density at radius 1 is 1.36 bits per heavy atom. The molecule has 0 aromatic heterocycles. The fourth-order valence-corrected chi connectivity index (χ4v) is 5.06. The number of oxime groups is 1. The molecule has 1 aliphatic heterocycles. The number of rotatable bonds is 8. The molecule has 3 rings (SSSR count). The number of nitrogens with zero attached hydrogens (tertiary/aromatic N) is 1. The smallest absolute Gasteiger partial charge is 0.367 e. The number of hydrogen-bond acceptors (Lipinski definition) is 4. The van der Waals surface area contributed by atoms with E-state index in [0.29, 0.717) is 11.3 Å². The van der Waals surface area contributed by atoms with Crippen molar-refractivity contribution < 1.29 is 27.0 Å². The summed E-state index contributed by atoms with van der Waals surface area (Å²) in [5.74, 6) is -0.581. The summed E-state index contributed by atoms with van der Waals surface area (Å²) < 4.78 is 54.9. The molecule has 2 atom stereocenters. The van der Waals surface area contributed by atoms with E-state index in [1.54, 1.807) is 25.1 Å². The summed E-state index contributed by atoms with van der Waals surface area (Å²) in [6.45, 7) is 1.97. The van der Waals surface area contributed by atoms with Crippen LogP contribution in [0, 0.1) is 9.39 Å². The van der Waals surface area contributed by atoms with Crippen LogP contribution in [-0.4, -0.2) is 32.7 Å². The molecule has 0 saturated carbocycles. The Bertz CT molecular complexity index is 1130. The first-order chi connectivity index (χ1) is 15.5. The quantitative estimate of drug-likeness (QED) is 0.300. The zero-order valence-electron chi connectivity index (χ0n) is 17.1. The fourth-order valence-electron chi connectivity index (χ4n) is 3.17. The summed E-state index contributed by atoms with van der Waals surface area (Å²) in [5.41, 5.74) is -0.723. The molecule has 5 nitrogen and oxygen atoms in total. The predicted molar refractivity (Wildman–Crippen MR) is 133 cm³/mol. The van der Waals surface area contributed by atoms with Crippen molar-refractivity contribution in [3.63, 3.8) is 0 Å². The Morgan fingerprint density at radius 2 is 2.09 bits per heavy atom. The molecule has 0 radical (unpaired) electrons. The van der Waals surface area contributed by atoms with E-state index in [4.69, 9.17) is 16.4 Å². The molecular formula is C21H18BrClF3IN2O3S. The molecular weight excluding hydrogens is 660 g/mol. The minimum atomic E-state index is -3.83. The van der Waals surface area contributed by atoms with Crippen molar-refractivity contribution in [1.29, 1.82) is 0 Å². The van der Waals surface area contributed by atoms with Gasteiger partial charge in [0.15, 0.2) is 0 Å². The molecule has 2 aromatic rings. The molecule has 0 fully saturated rings. The molecule has 2 aromatic carbocycles. The van der Waals surface area contributed by atoms with E-state index in [0.717, 1.165) is 15.2 Å². The summed E-state index contributed by atoms with van der Waals surface area (Å²) in [4.78, 5) is 17.1. The summed E-state index contributed by atoms with van der Waals surface area (Å²) in [7, 11) is -1.20. The van der Waals surface area contributed by atoms with E-state index in [1.807, 2.05) is 0 Å². The monoisotopic (exact) mass is 676 g/mol. The SMILES string of the molecule is CCS(=O)CC(=O)NCc1ccc(C2=NOC(c3ccc(F)c(Br)c3)(C(F)(F)Cl)C2)cc1I. The van der Waals surface area contributed by atoms with Crippen LogP contribution in [0.3, 0.4) is 0 Å². The van der Waals surface area contributed by atoms with Crippen molar-refractivity contribution in [3.8, 4) is 0 Å². The minimum absolute atomic E-state index is 0.000982. The van der Waals surface area contributed by atoms with Gasteiger partial charge in [0.05, 0.1) is 10.2 Å². The maximum Gasteiger partial charge on any atom is 0.367 e. The third-order valence-corrected chi connectivity index (χ3v) is 8.19. The zero-order chi connectivity index (χ0) is 24.4. The molecule has 2 unspecified atom stereocenters. The van der Waals surface area contributed by atoms with Crippen LogP contribution in [0.25, 0.3) is 0 Å². The van der Waals surface area contributed by atoms with Gasteiger partial charge in [-0.25, -0.2) is 4.39 Å². The second-order valence-electron chi connectivity index (χ2n) is 7.22. The third-order valence-electron chi connectivity index (χ3n) is 5.05. The summed E-state index contributed by atoms with van der Waals surface area (Å²) in [6.07, 6.45) is -0.337. The van der Waals surface area contributed by atoms with Crippen LogP contribution in [0.2, 0.25) is 0 Å². The standard InChI is InChI=1S/C21H18BrClF3IN2O3S/c1-2-33(31)11-19(30)28-10-13-4-3-12(7-17(13)27)18-9-20(32-29-18,21(23,25)26)14-5-6-16(24)15(22)8-14/h3-8H,2,9-11H2,1H3,(H,28,30). The van der Waals surface area contributed by atoms with Crippen LogP contribution in [0.1, 0.15) is 30.0 Å².